The van der Waals surface area contributed by atoms with Gasteiger partial charge in [0.1, 0.15) is 0 Å². The van der Waals surface area contributed by atoms with E-state index in [0.29, 0.717) is 25.1 Å². The highest BCUT2D eigenvalue weighted by molar-refractivity contribution is 5.88. The first kappa shape index (κ1) is 29.7. The molecule has 0 aliphatic carbocycles. The molecule has 2 heterocycles. The Bertz CT molecular complexity index is 1220. The SMILES string of the molecule is CN(C(=O)C(C)(C)c1cc(C(F)(F)F)cc(C(F)(F)F)c1)C1CN(C(=O)N2CC[C@H](O)C2)CC1c1ccccc1. The van der Waals surface area contributed by atoms with Gasteiger partial charge in [-0.3, -0.25) is 4.79 Å². The van der Waals surface area contributed by atoms with E-state index in [2.05, 4.69) is 0 Å². The highest BCUT2D eigenvalue weighted by Gasteiger charge is 2.46. The predicted molar refractivity (Wildman–Crippen MR) is 134 cm³/mol. The van der Waals surface area contributed by atoms with Gasteiger partial charge in [-0.15, -0.1) is 0 Å². The Labute approximate surface area is 228 Å². The number of carbonyl (C=O) groups is 2. The van der Waals surface area contributed by atoms with Crippen molar-refractivity contribution in [2.24, 2.45) is 0 Å². The fourth-order valence-corrected chi connectivity index (χ4v) is 5.51. The lowest BCUT2D eigenvalue weighted by Gasteiger charge is -2.36. The summed E-state index contributed by atoms with van der Waals surface area (Å²) >= 11 is 0. The van der Waals surface area contributed by atoms with Gasteiger partial charge in [0.15, 0.2) is 0 Å². The Morgan fingerprint density at radius 1 is 0.850 bits per heavy atom. The number of hydrogen-bond donors (Lipinski definition) is 1. The van der Waals surface area contributed by atoms with Gasteiger partial charge in [0.25, 0.3) is 0 Å². The van der Waals surface area contributed by atoms with Gasteiger partial charge in [-0.05, 0) is 49.6 Å². The highest BCUT2D eigenvalue weighted by atomic mass is 19.4. The number of likely N-dealkylation sites (tertiary alicyclic amines) is 2. The molecule has 0 spiro atoms. The van der Waals surface area contributed by atoms with Crippen molar-refractivity contribution in [2.45, 2.75) is 56.1 Å². The molecule has 0 aromatic heterocycles. The van der Waals surface area contributed by atoms with E-state index in [4.69, 9.17) is 0 Å². The lowest BCUT2D eigenvalue weighted by molar-refractivity contribution is -0.144. The molecule has 2 aromatic rings. The molecular formula is C28H31F6N3O3. The van der Waals surface area contributed by atoms with E-state index >= 15 is 0 Å². The topological polar surface area (TPSA) is 64.1 Å². The first-order chi connectivity index (χ1) is 18.5. The van der Waals surface area contributed by atoms with E-state index in [9.17, 15) is 41.0 Å². The molecular weight excluding hydrogens is 540 g/mol. The first-order valence-corrected chi connectivity index (χ1v) is 12.8. The van der Waals surface area contributed by atoms with E-state index in [0.717, 1.165) is 5.56 Å². The molecule has 12 heteroatoms. The van der Waals surface area contributed by atoms with Crippen LogP contribution in [-0.4, -0.2) is 77.1 Å². The maximum atomic E-state index is 13.8. The van der Waals surface area contributed by atoms with Crippen LogP contribution in [0.3, 0.4) is 0 Å². The van der Waals surface area contributed by atoms with Gasteiger partial charge in [0.05, 0.1) is 28.7 Å². The normalized spacial score (nSPS) is 22.1. The van der Waals surface area contributed by atoms with E-state index < -0.39 is 52.5 Å². The van der Waals surface area contributed by atoms with Gasteiger partial charge in [-0.1, -0.05) is 30.3 Å². The molecule has 2 unspecified atom stereocenters. The Kier molecular flexibility index (Phi) is 7.87. The van der Waals surface area contributed by atoms with Crippen LogP contribution in [0, 0.1) is 0 Å². The molecule has 40 heavy (non-hydrogen) atoms. The van der Waals surface area contributed by atoms with Gasteiger partial charge in [0.2, 0.25) is 5.91 Å². The van der Waals surface area contributed by atoms with Gasteiger partial charge in [-0.25, -0.2) is 4.79 Å². The Morgan fingerprint density at radius 2 is 1.40 bits per heavy atom. The molecule has 0 saturated carbocycles. The summed E-state index contributed by atoms with van der Waals surface area (Å²) in [6.07, 6.45) is -10.3. The lowest BCUT2D eigenvalue weighted by Crippen LogP contribution is -2.49. The average molecular weight is 572 g/mol. The number of nitrogens with zero attached hydrogens (tertiary/aromatic N) is 3. The third kappa shape index (κ3) is 5.91. The molecule has 0 radical (unpaired) electrons. The molecule has 0 bridgehead atoms. The smallest absolute Gasteiger partial charge is 0.391 e. The fourth-order valence-electron chi connectivity index (χ4n) is 5.51. The standard InChI is InChI=1S/C28H31F6N3O3/c1-26(2,18-11-19(27(29,30)31)13-20(12-18)28(32,33)34)24(39)35(3)23-16-37(25(40)36-10-9-21(38)14-36)15-22(23)17-7-5-4-6-8-17/h4-8,11-13,21-23,38H,9-10,14-16H2,1-3H3/t21-,22?,23?/m0/s1. The van der Waals surface area contributed by atoms with Crippen molar-refractivity contribution in [1.29, 1.82) is 0 Å². The minimum absolute atomic E-state index is 0.0367. The van der Waals surface area contributed by atoms with E-state index in [-0.39, 0.29) is 37.6 Å². The number of β-amino-alcohol motifs (C(OH)–C–C–N with tert-alkyl or cyclic N) is 1. The van der Waals surface area contributed by atoms with Crippen molar-refractivity contribution in [2.75, 3.05) is 33.2 Å². The molecule has 6 nitrogen and oxygen atoms in total. The van der Waals surface area contributed by atoms with Gasteiger partial charge >= 0.3 is 18.4 Å². The Morgan fingerprint density at radius 3 is 1.90 bits per heavy atom. The van der Waals surface area contributed by atoms with Crippen molar-refractivity contribution in [3.05, 3.63) is 70.8 Å². The number of rotatable bonds is 4. The monoisotopic (exact) mass is 571 g/mol. The first-order valence-electron chi connectivity index (χ1n) is 12.8. The third-order valence-corrected chi connectivity index (χ3v) is 7.88. The van der Waals surface area contributed by atoms with Crippen LogP contribution in [0.1, 0.15) is 48.4 Å². The number of carbonyl (C=O) groups excluding carboxylic acids is 2. The van der Waals surface area contributed by atoms with Crippen LogP contribution < -0.4 is 0 Å². The maximum absolute atomic E-state index is 13.8. The number of alkyl halides is 6. The predicted octanol–water partition coefficient (Wildman–Crippen LogP) is 5.11. The molecule has 2 aromatic carbocycles. The summed E-state index contributed by atoms with van der Waals surface area (Å²) in [5.41, 5.74) is -4.32. The second kappa shape index (κ2) is 10.6. The summed E-state index contributed by atoms with van der Waals surface area (Å²) in [4.78, 5) is 31.5. The molecule has 2 aliphatic heterocycles. The van der Waals surface area contributed by atoms with Crippen LogP contribution in [0.2, 0.25) is 0 Å². The zero-order chi connectivity index (χ0) is 29.6. The summed E-state index contributed by atoms with van der Waals surface area (Å²) in [6.45, 7) is 3.52. The summed E-state index contributed by atoms with van der Waals surface area (Å²) in [5, 5.41) is 9.87. The molecule has 218 valence electrons. The molecule has 4 rings (SSSR count). The van der Waals surface area contributed by atoms with E-state index in [1.54, 1.807) is 17.0 Å². The van der Waals surface area contributed by atoms with E-state index in [1.165, 1.54) is 30.7 Å². The molecule has 2 saturated heterocycles. The van der Waals surface area contributed by atoms with Gasteiger partial charge in [0, 0.05) is 39.1 Å². The van der Waals surface area contributed by atoms with Crippen LogP contribution in [0.25, 0.3) is 0 Å². The molecule has 2 aliphatic rings. The van der Waals surface area contributed by atoms with Crippen LogP contribution in [0.15, 0.2) is 48.5 Å². The van der Waals surface area contributed by atoms with Crippen molar-refractivity contribution >= 4 is 11.9 Å². The second-order valence-electron chi connectivity index (χ2n) is 11.0. The number of halogens is 6. The van der Waals surface area contributed by atoms with E-state index in [1.807, 2.05) is 18.2 Å². The molecule has 1 N–H and O–H groups in total. The summed E-state index contributed by atoms with van der Waals surface area (Å²) < 4.78 is 81.1. The summed E-state index contributed by atoms with van der Waals surface area (Å²) in [5.74, 6) is -1.04. The summed E-state index contributed by atoms with van der Waals surface area (Å²) in [7, 11) is 1.45. The quantitative estimate of drug-likeness (QED) is 0.519. The Balaban J connectivity index is 1.67. The number of hydrogen-bond acceptors (Lipinski definition) is 3. The second-order valence-corrected chi connectivity index (χ2v) is 11.0. The largest absolute Gasteiger partial charge is 0.416 e. The van der Waals surface area contributed by atoms with Crippen molar-refractivity contribution in [3.63, 3.8) is 0 Å². The highest BCUT2D eigenvalue weighted by Crippen LogP contribution is 2.40. The number of aliphatic hydroxyl groups is 1. The average Bonchev–Trinajstić information content (AvgIpc) is 3.53. The lowest BCUT2D eigenvalue weighted by atomic mass is 9.80. The zero-order valence-corrected chi connectivity index (χ0v) is 22.3. The maximum Gasteiger partial charge on any atom is 0.416 e. The fraction of sp³-hybridized carbons (Fsp3) is 0.500. The van der Waals surface area contributed by atoms with Crippen LogP contribution >= 0.6 is 0 Å². The van der Waals surface area contributed by atoms with Crippen LogP contribution in [0.4, 0.5) is 31.1 Å². The number of urea groups is 1. The van der Waals surface area contributed by atoms with Crippen LogP contribution in [0.5, 0.6) is 0 Å². The summed E-state index contributed by atoms with van der Waals surface area (Å²) in [6, 6.07) is 9.42. The zero-order valence-electron chi connectivity index (χ0n) is 22.3. The van der Waals surface area contributed by atoms with Crippen molar-refractivity contribution in [3.8, 4) is 0 Å². The number of aliphatic hydroxyl groups excluding tert-OH is 1. The molecule has 2 fully saturated rings. The molecule has 3 amide bonds. The van der Waals surface area contributed by atoms with Crippen molar-refractivity contribution < 1.29 is 41.0 Å². The van der Waals surface area contributed by atoms with Crippen molar-refractivity contribution in [1.82, 2.24) is 14.7 Å². The number of likely N-dealkylation sites (N-methyl/N-ethyl adjacent to an activating group) is 1. The van der Waals surface area contributed by atoms with Gasteiger partial charge < -0.3 is 19.8 Å². The number of benzene rings is 2. The third-order valence-electron chi connectivity index (χ3n) is 7.88. The van der Waals surface area contributed by atoms with Crippen LogP contribution in [-0.2, 0) is 22.6 Å². The Hall–Kier alpha value is -3.28. The minimum Gasteiger partial charge on any atom is -0.391 e. The number of amides is 3. The minimum atomic E-state index is -5.05. The van der Waals surface area contributed by atoms with Gasteiger partial charge in [-0.2, -0.15) is 26.3 Å². The molecule has 3 atom stereocenters.